The Kier molecular flexibility index (Phi) is 13.9. The van der Waals surface area contributed by atoms with E-state index in [2.05, 4.69) is 20.9 Å². The summed E-state index contributed by atoms with van der Waals surface area (Å²) < 4.78 is 0. The highest BCUT2D eigenvalue weighted by Crippen LogP contribution is 2.12. The number of benzene rings is 1. The summed E-state index contributed by atoms with van der Waals surface area (Å²) in [7, 11) is 0. The van der Waals surface area contributed by atoms with Gasteiger partial charge in [0.25, 0.3) is 0 Å². The van der Waals surface area contributed by atoms with Gasteiger partial charge in [0, 0.05) is 13.0 Å². The summed E-state index contributed by atoms with van der Waals surface area (Å²) in [5.41, 5.74) is 16.8. The summed E-state index contributed by atoms with van der Waals surface area (Å²) in [4.78, 5) is 53.9. The van der Waals surface area contributed by atoms with E-state index in [9.17, 15) is 29.4 Å². The molecule has 4 unspecified atom stereocenters. The van der Waals surface area contributed by atoms with Crippen molar-refractivity contribution in [3.8, 4) is 5.75 Å². The van der Waals surface area contributed by atoms with Gasteiger partial charge in [-0.05, 0) is 55.9 Å². The molecule has 0 fully saturated rings. The lowest BCUT2D eigenvalue weighted by atomic mass is 10.0. The summed E-state index contributed by atoms with van der Waals surface area (Å²) in [6.07, 6.45) is 2.52. The molecule has 0 saturated carbocycles. The number of rotatable bonds is 16. The first-order chi connectivity index (χ1) is 17.4. The topological polar surface area (TPSA) is 235 Å². The van der Waals surface area contributed by atoms with Crippen LogP contribution < -0.4 is 33.2 Å². The fourth-order valence-electron chi connectivity index (χ4n) is 3.19. The van der Waals surface area contributed by atoms with E-state index in [-0.39, 0.29) is 37.5 Å². The molecule has 0 aliphatic rings. The van der Waals surface area contributed by atoms with Crippen LogP contribution in [-0.4, -0.2) is 82.6 Å². The first-order valence-electron chi connectivity index (χ1n) is 11.7. The number of hydrogen-bond donors (Lipinski definition) is 8. The van der Waals surface area contributed by atoms with E-state index in [1.54, 1.807) is 12.1 Å². The maximum Gasteiger partial charge on any atom is 0.326 e. The van der Waals surface area contributed by atoms with Crippen LogP contribution in [0.5, 0.6) is 5.75 Å². The highest BCUT2D eigenvalue weighted by Gasteiger charge is 2.29. The second-order valence-corrected chi connectivity index (χ2v) is 9.40. The van der Waals surface area contributed by atoms with Crippen LogP contribution in [0.15, 0.2) is 29.3 Å². The van der Waals surface area contributed by atoms with Crippen molar-refractivity contribution in [2.24, 2.45) is 22.2 Å². The quantitative estimate of drug-likeness (QED) is 0.0696. The Morgan fingerprint density at radius 2 is 1.51 bits per heavy atom. The third-order valence-electron chi connectivity index (χ3n) is 5.23. The molecule has 1 rings (SSSR count). The van der Waals surface area contributed by atoms with Gasteiger partial charge in [-0.1, -0.05) is 12.1 Å². The van der Waals surface area contributed by atoms with Crippen LogP contribution >= 0.6 is 11.8 Å². The SMILES string of the molecule is CSCCC(NC(=O)C(Cc1ccc(O)cc1)NC(=O)C(C)N)C(=O)NC(CCCN=C(N)N)C(=O)O. The van der Waals surface area contributed by atoms with E-state index in [4.69, 9.17) is 17.2 Å². The van der Waals surface area contributed by atoms with Gasteiger partial charge in [-0.15, -0.1) is 0 Å². The van der Waals surface area contributed by atoms with E-state index in [1.807, 2.05) is 6.26 Å². The van der Waals surface area contributed by atoms with E-state index in [1.165, 1.54) is 30.8 Å². The van der Waals surface area contributed by atoms with Gasteiger partial charge in [0.05, 0.1) is 6.04 Å². The Balaban J connectivity index is 3.00. The van der Waals surface area contributed by atoms with Gasteiger partial charge in [-0.2, -0.15) is 11.8 Å². The number of aliphatic carboxylic acids is 1. The Morgan fingerprint density at radius 3 is 2.05 bits per heavy atom. The fraction of sp³-hybridized carbons (Fsp3) is 0.522. The lowest BCUT2D eigenvalue weighted by molar-refractivity contribution is -0.142. The molecule has 0 heterocycles. The van der Waals surface area contributed by atoms with Gasteiger partial charge >= 0.3 is 5.97 Å². The molecule has 1 aromatic rings. The molecule has 4 atom stereocenters. The van der Waals surface area contributed by atoms with E-state index >= 15 is 0 Å². The van der Waals surface area contributed by atoms with E-state index in [0.717, 1.165) is 0 Å². The van der Waals surface area contributed by atoms with Gasteiger partial charge in [0.1, 0.15) is 23.9 Å². The summed E-state index contributed by atoms with van der Waals surface area (Å²) in [6, 6.07) is 1.91. The predicted molar refractivity (Wildman–Crippen MR) is 142 cm³/mol. The fourth-order valence-corrected chi connectivity index (χ4v) is 3.66. The third-order valence-corrected chi connectivity index (χ3v) is 5.87. The lowest BCUT2D eigenvalue weighted by Crippen LogP contribution is -2.57. The molecule has 0 aromatic heterocycles. The average molecular weight is 540 g/mol. The number of carboxylic acid groups (broad SMARTS) is 1. The minimum atomic E-state index is -1.23. The standard InChI is InChI=1S/C23H37N7O6S/c1-13(24)19(32)30-18(12-14-5-7-15(31)8-6-14)21(34)28-16(9-11-37-2)20(33)29-17(22(35)36)4-3-10-27-23(25)26/h5-8,13,16-18,31H,3-4,9-12,24H2,1-2H3,(H,28,34)(H,29,33)(H,30,32)(H,35,36)(H4,25,26,27). The number of aliphatic imine (C=N–C) groups is 1. The molecule has 14 heteroatoms. The number of amides is 3. The molecule has 0 aliphatic heterocycles. The molecular weight excluding hydrogens is 502 g/mol. The van der Waals surface area contributed by atoms with Crippen molar-refractivity contribution < 1.29 is 29.4 Å². The van der Waals surface area contributed by atoms with Gasteiger partial charge in [0.15, 0.2) is 5.96 Å². The maximum atomic E-state index is 13.2. The molecule has 0 radical (unpaired) electrons. The number of carbonyl (C=O) groups excluding carboxylic acids is 3. The number of nitrogens with two attached hydrogens (primary N) is 3. The highest BCUT2D eigenvalue weighted by molar-refractivity contribution is 7.98. The van der Waals surface area contributed by atoms with Gasteiger partial charge in [-0.3, -0.25) is 19.4 Å². The highest BCUT2D eigenvalue weighted by atomic mass is 32.2. The van der Waals surface area contributed by atoms with E-state index in [0.29, 0.717) is 17.7 Å². The van der Waals surface area contributed by atoms with Crippen LogP contribution in [0.2, 0.25) is 0 Å². The van der Waals surface area contributed by atoms with Crippen LogP contribution in [0, 0.1) is 0 Å². The van der Waals surface area contributed by atoms with Crippen molar-refractivity contribution >= 4 is 41.4 Å². The minimum absolute atomic E-state index is 0.0458. The largest absolute Gasteiger partial charge is 0.508 e. The van der Waals surface area contributed by atoms with Crippen molar-refractivity contribution in [2.45, 2.75) is 56.8 Å². The first kappa shape index (κ1) is 31.5. The second kappa shape index (κ2) is 16.3. The Labute approximate surface area is 220 Å². The number of aromatic hydroxyl groups is 1. The van der Waals surface area contributed by atoms with Gasteiger partial charge in [0.2, 0.25) is 17.7 Å². The van der Waals surface area contributed by atoms with Crippen LogP contribution in [0.4, 0.5) is 0 Å². The monoisotopic (exact) mass is 539 g/mol. The van der Waals surface area contributed by atoms with Crippen molar-refractivity contribution in [3.05, 3.63) is 29.8 Å². The molecule has 1 aromatic carbocycles. The summed E-state index contributed by atoms with van der Waals surface area (Å²) in [5.74, 6) is -2.66. The number of guanidine groups is 1. The zero-order chi connectivity index (χ0) is 28.0. The van der Waals surface area contributed by atoms with Crippen LogP contribution in [0.25, 0.3) is 0 Å². The maximum absolute atomic E-state index is 13.2. The molecule has 0 bridgehead atoms. The van der Waals surface area contributed by atoms with E-state index < -0.39 is 47.9 Å². The summed E-state index contributed by atoms with van der Waals surface area (Å²) in [6.45, 7) is 1.67. The Hall–Kier alpha value is -3.52. The average Bonchev–Trinajstić information content (AvgIpc) is 2.83. The van der Waals surface area contributed by atoms with Crippen LogP contribution in [0.3, 0.4) is 0 Å². The summed E-state index contributed by atoms with van der Waals surface area (Å²) in [5, 5.41) is 26.7. The molecule has 0 spiro atoms. The second-order valence-electron chi connectivity index (χ2n) is 8.41. The normalized spacial score (nSPS) is 13.9. The molecular formula is C23H37N7O6S. The zero-order valence-electron chi connectivity index (χ0n) is 21.0. The third kappa shape index (κ3) is 12.3. The lowest BCUT2D eigenvalue weighted by Gasteiger charge is -2.25. The molecule has 206 valence electrons. The number of carbonyl (C=O) groups is 4. The van der Waals surface area contributed by atoms with Crippen molar-refractivity contribution in [2.75, 3.05) is 18.6 Å². The van der Waals surface area contributed by atoms with Crippen molar-refractivity contribution in [1.29, 1.82) is 0 Å². The molecule has 37 heavy (non-hydrogen) atoms. The Morgan fingerprint density at radius 1 is 0.946 bits per heavy atom. The zero-order valence-corrected chi connectivity index (χ0v) is 21.8. The molecule has 0 saturated heterocycles. The number of hydrogen-bond acceptors (Lipinski definition) is 8. The Bertz CT molecular complexity index is 938. The predicted octanol–water partition coefficient (Wildman–Crippen LogP) is -1.37. The van der Waals surface area contributed by atoms with Crippen LogP contribution in [-0.2, 0) is 25.6 Å². The van der Waals surface area contributed by atoms with Gasteiger partial charge < -0.3 is 43.4 Å². The van der Waals surface area contributed by atoms with Crippen LogP contribution in [0.1, 0.15) is 31.7 Å². The molecule has 0 aliphatic carbocycles. The summed E-state index contributed by atoms with van der Waals surface area (Å²) >= 11 is 1.45. The number of thioether (sulfide) groups is 1. The van der Waals surface area contributed by atoms with Crippen molar-refractivity contribution in [3.63, 3.8) is 0 Å². The first-order valence-corrected chi connectivity index (χ1v) is 13.1. The number of phenolic OH excluding ortho intramolecular Hbond substituents is 1. The number of phenols is 1. The molecule has 11 N–H and O–H groups in total. The smallest absolute Gasteiger partial charge is 0.326 e. The molecule has 3 amide bonds. The van der Waals surface area contributed by atoms with Crippen molar-refractivity contribution in [1.82, 2.24) is 16.0 Å². The molecule has 13 nitrogen and oxygen atoms in total. The van der Waals surface area contributed by atoms with Gasteiger partial charge in [-0.25, -0.2) is 4.79 Å². The minimum Gasteiger partial charge on any atom is -0.508 e. The number of nitrogens with one attached hydrogen (secondary N) is 3. The number of nitrogens with zero attached hydrogens (tertiary/aromatic N) is 1. The number of carboxylic acids is 1.